The van der Waals surface area contributed by atoms with Gasteiger partial charge in [0, 0.05) is 16.5 Å². The molecular weight excluding hydrogens is 679 g/mol. The lowest BCUT2D eigenvalue weighted by Crippen LogP contribution is -2.11. The molecule has 0 spiro atoms. The minimum absolute atomic E-state index is 0.870. The summed E-state index contributed by atoms with van der Waals surface area (Å²) in [6, 6.07) is 76.5. The monoisotopic (exact) mass is 713 g/mol. The van der Waals surface area contributed by atoms with Gasteiger partial charge < -0.3 is 9.32 Å². The lowest BCUT2D eigenvalue weighted by Gasteiger charge is -2.28. The Labute approximate surface area is 325 Å². The molecule has 11 aromatic rings. The summed E-state index contributed by atoms with van der Waals surface area (Å²) in [5.41, 5.74) is 12.2. The molecule has 2 heteroatoms. The zero-order valence-electron chi connectivity index (χ0n) is 30.6. The fourth-order valence-electron chi connectivity index (χ4n) is 8.76. The maximum Gasteiger partial charge on any atom is 0.137 e. The summed E-state index contributed by atoms with van der Waals surface area (Å²) >= 11 is 0. The molecule has 0 atom stereocenters. The highest BCUT2D eigenvalue weighted by Crippen LogP contribution is 2.48. The Morgan fingerprint density at radius 3 is 1.64 bits per heavy atom. The van der Waals surface area contributed by atoms with Gasteiger partial charge in [0.2, 0.25) is 0 Å². The Kier molecular flexibility index (Phi) is 7.53. The highest BCUT2D eigenvalue weighted by molar-refractivity contribution is 6.22. The van der Waals surface area contributed by atoms with E-state index < -0.39 is 0 Å². The van der Waals surface area contributed by atoms with Crippen LogP contribution in [0.4, 0.5) is 17.1 Å². The molecule has 0 amide bonds. The Hall–Kier alpha value is -7.42. The van der Waals surface area contributed by atoms with Crippen LogP contribution in [0.2, 0.25) is 0 Å². The Bertz CT molecular complexity index is 3250. The molecule has 0 saturated carbocycles. The first-order valence-electron chi connectivity index (χ1n) is 19.2. The number of hydrogen-bond acceptors (Lipinski definition) is 2. The summed E-state index contributed by atoms with van der Waals surface area (Å²) in [7, 11) is 0. The number of fused-ring (bicyclic) bond motifs is 7. The van der Waals surface area contributed by atoms with E-state index in [2.05, 4.69) is 211 Å². The first-order chi connectivity index (χ1) is 27.8. The second-order valence-electron chi connectivity index (χ2n) is 14.4. The van der Waals surface area contributed by atoms with Gasteiger partial charge in [-0.05, 0) is 103 Å². The van der Waals surface area contributed by atoms with Crippen LogP contribution in [0.15, 0.2) is 217 Å². The van der Waals surface area contributed by atoms with E-state index in [1.54, 1.807) is 0 Å². The van der Waals surface area contributed by atoms with E-state index in [1.807, 2.05) is 6.07 Å². The van der Waals surface area contributed by atoms with Crippen LogP contribution in [-0.2, 0) is 0 Å². The zero-order valence-corrected chi connectivity index (χ0v) is 30.6. The van der Waals surface area contributed by atoms with E-state index >= 15 is 0 Å². The highest BCUT2D eigenvalue weighted by atomic mass is 16.3. The average molecular weight is 714 g/mol. The SMILES string of the molecule is c1ccc(-c2c(-c3ccccc3)c3cc(-c4cccc(N(c5cccc6ccccc56)c5cccc6oc7ccccc7c56)c4)ccc3c3ccccc23)cc1. The minimum atomic E-state index is 0.870. The van der Waals surface area contributed by atoms with Crippen LogP contribution < -0.4 is 4.90 Å². The molecule has 1 heterocycles. The second kappa shape index (κ2) is 13.2. The fourth-order valence-corrected chi connectivity index (χ4v) is 8.76. The van der Waals surface area contributed by atoms with Gasteiger partial charge in [-0.2, -0.15) is 0 Å². The summed E-state index contributed by atoms with van der Waals surface area (Å²) in [5.74, 6) is 0. The second-order valence-corrected chi connectivity index (χ2v) is 14.4. The molecule has 0 bridgehead atoms. The highest BCUT2D eigenvalue weighted by Gasteiger charge is 2.22. The number of rotatable bonds is 6. The summed E-state index contributed by atoms with van der Waals surface area (Å²) in [5, 5.41) is 9.56. The van der Waals surface area contributed by atoms with Crippen LogP contribution in [0.1, 0.15) is 0 Å². The molecule has 56 heavy (non-hydrogen) atoms. The van der Waals surface area contributed by atoms with Crippen molar-refractivity contribution >= 4 is 71.3 Å². The third-order valence-corrected chi connectivity index (χ3v) is 11.2. The van der Waals surface area contributed by atoms with Crippen LogP contribution in [-0.4, -0.2) is 0 Å². The third-order valence-electron chi connectivity index (χ3n) is 11.2. The van der Waals surface area contributed by atoms with Crippen molar-refractivity contribution in [2.45, 2.75) is 0 Å². The topological polar surface area (TPSA) is 16.4 Å². The van der Waals surface area contributed by atoms with Crippen LogP contribution in [0.3, 0.4) is 0 Å². The zero-order chi connectivity index (χ0) is 37.0. The molecular formula is C54H35NO. The van der Waals surface area contributed by atoms with Gasteiger partial charge >= 0.3 is 0 Å². The molecule has 0 aliphatic carbocycles. The molecule has 10 aromatic carbocycles. The summed E-state index contributed by atoms with van der Waals surface area (Å²) in [4.78, 5) is 2.41. The number of para-hydroxylation sites is 1. The quantitative estimate of drug-likeness (QED) is 0.160. The van der Waals surface area contributed by atoms with Crippen molar-refractivity contribution in [2.75, 3.05) is 4.90 Å². The Balaban J connectivity index is 1.17. The van der Waals surface area contributed by atoms with Crippen molar-refractivity contribution in [2.24, 2.45) is 0 Å². The molecule has 262 valence electrons. The van der Waals surface area contributed by atoms with Crippen LogP contribution in [0.5, 0.6) is 0 Å². The van der Waals surface area contributed by atoms with Gasteiger partial charge in [-0.1, -0.05) is 170 Å². The molecule has 0 N–H and O–H groups in total. The normalized spacial score (nSPS) is 11.6. The van der Waals surface area contributed by atoms with Gasteiger partial charge in [0.05, 0.1) is 16.8 Å². The maximum absolute atomic E-state index is 6.43. The Morgan fingerprint density at radius 1 is 0.304 bits per heavy atom. The first kappa shape index (κ1) is 32.0. The van der Waals surface area contributed by atoms with Gasteiger partial charge in [0.15, 0.2) is 0 Å². The average Bonchev–Trinajstić information content (AvgIpc) is 3.66. The number of hydrogen-bond donors (Lipinski definition) is 0. The van der Waals surface area contributed by atoms with Gasteiger partial charge in [-0.3, -0.25) is 0 Å². The first-order valence-corrected chi connectivity index (χ1v) is 19.2. The molecule has 0 radical (unpaired) electrons. The molecule has 1 aromatic heterocycles. The number of anilines is 3. The van der Waals surface area contributed by atoms with Gasteiger partial charge in [-0.15, -0.1) is 0 Å². The standard InChI is InChI=1S/C54H35NO/c1-3-17-37(18-4-1)52-45-26-10-9-25-43(45)44-33-32-40(35-47(44)53(52)38-19-5-2-6-20-38)39-22-13-23-41(34-39)55(48-28-14-21-36-16-7-8-24-42(36)48)49-29-15-31-51-54(49)46-27-11-12-30-50(46)56-51/h1-35H. The van der Waals surface area contributed by atoms with Crippen LogP contribution in [0.25, 0.3) is 87.6 Å². The summed E-state index contributed by atoms with van der Waals surface area (Å²) in [6.07, 6.45) is 0. The van der Waals surface area contributed by atoms with E-state index in [1.165, 1.54) is 54.6 Å². The number of nitrogens with zero attached hydrogens (tertiary/aromatic N) is 1. The largest absolute Gasteiger partial charge is 0.456 e. The molecule has 2 nitrogen and oxygen atoms in total. The molecule has 11 rings (SSSR count). The van der Waals surface area contributed by atoms with Gasteiger partial charge in [-0.25, -0.2) is 0 Å². The van der Waals surface area contributed by atoms with Gasteiger partial charge in [0.25, 0.3) is 0 Å². The maximum atomic E-state index is 6.43. The van der Waals surface area contributed by atoms with Crippen LogP contribution >= 0.6 is 0 Å². The predicted octanol–water partition coefficient (Wildman–Crippen LogP) is 15.5. The van der Waals surface area contributed by atoms with E-state index in [-0.39, 0.29) is 0 Å². The van der Waals surface area contributed by atoms with Crippen molar-refractivity contribution in [3.8, 4) is 33.4 Å². The summed E-state index contributed by atoms with van der Waals surface area (Å²) < 4.78 is 6.43. The predicted molar refractivity (Wildman–Crippen MR) is 237 cm³/mol. The van der Waals surface area contributed by atoms with Gasteiger partial charge in [0.1, 0.15) is 11.2 Å². The van der Waals surface area contributed by atoms with E-state index in [0.717, 1.165) is 50.1 Å². The molecule has 0 saturated heterocycles. The molecule has 0 aliphatic rings. The molecule has 0 unspecified atom stereocenters. The lowest BCUT2D eigenvalue weighted by molar-refractivity contribution is 0.669. The molecule has 0 aliphatic heterocycles. The van der Waals surface area contributed by atoms with Crippen LogP contribution in [0, 0.1) is 0 Å². The number of benzene rings is 10. The van der Waals surface area contributed by atoms with E-state index in [4.69, 9.17) is 4.42 Å². The van der Waals surface area contributed by atoms with Crippen molar-refractivity contribution in [1.82, 2.24) is 0 Å². The van der Waals surface area contributed by atoms with Crippen molar-refractivity contribution in [3.05, 3.63) is 212 Å². The van der Waals surface area contributed by atoms with Crippen molar-refractivity contribution < 1.29 is 4.42 Å². The minimum Gasteiger partial charge on any atom is -0.456 e. The molecule has 0 fully saturated rings. The smallest absolute Gasteiger partial charge is 0.137 e. The van der Waals surface area contributed by atoms with Crippen molar-refractivity contribution in [1.29, 1.82) is 0 Å². The van der Waals surface area contributed by atoms with Crippen molar-refractivity contribution in [3.63, 3.8) is 0 Å². The Morgan fingerprint density at radius 2 is 0.839 bits per heavy atom. The lowest BCUT2D eigenvalue weighted by atomic mass is 9.84. The number of furan rings is 1. The third kappa shape index (κ3) is 5.19. The summed E-state index contributed by atoms with van der Waals surface area (Å²) in [6.45, 7) is 0. The van der Waals surface area contributed by atoms with E-state index in [9.17, 15) is 0 Å². The fraction of sp³-hybridized carbons (Fsp3) is 0. The van der Waals surface area contributed by atoms with E-state index in [0.29, 0.717) is 0 Å².